The van der Waals surface area contributed by atoms with Gasteiger partial charge < -0.3 is 9.64 Å². The van der Waals surface area contributed by atoms with Gasteiger partial charge in [0, 0.05) is 12.7 Å². The lowest BCUT2D eigenvalue weighted by molar-refractivity contribution is -0.159. The van der Waals surface area contributed by atoms with E-state index >= 15 is 0 Å². The predicted molar refractivity (Wildman–Crippen MR) is 79.2 cm³/mol. The predicted octanol–water partition coefficient (Wildman–Crippen LogP) is 2.68. The first-order chi connectivity index (χ1) is 9.78. The van der Waals surface area contributed by atoms with Crippen molar-refractivity contribution in [1.82, 2.24) is 9.88 Å². The van der Waals surface area contributed by atoms with Gasteiger partial charge in [-0.3, -0.25) is 4.79 Å². The quantitative estimate of drug-likeness (QED) is 0.622. The van der Waals surface area contributed by atoms with Gasteiger partial charge in [0.05, 0.1) is 5.56 Å². The van der Waals surface area contributed by atoms with E-state index in [9.17, 15) is 9.59 Å². The zero-order valence-corrected chi connectivity index (χ0v) is 13.2. The summed E-state index contributed by atoms with van der Waals surface area (Å²) >= 11 is 5.72. The van der Waals surface area contributed by atoms with E-state index in [1.54, 1.807) is 17.0 Å². The third-order valence-corrected chi connectivity index (χ3v) is 3.39. The summed E-state index contributed by atoms with van der Waals surface area (Å²) in [5.74, 6) is -0.567. The number of esters is 1. The maximum absolute atomic E-state index is 12.5. The summed E-state index contributed by atoms with van der Waals surface area (Å²) in [7, 11) is 0. The largest absolute Gasteiger partial charge is 0.458 e. The van der Waals surface area contributed by atoms with Crippen molar-refractivity contribution >= 4 is 23.5 Å². The molecule has 2 heterocycles. The lowest BCUT2D eigenvalue weighted by atomic mass is 10.1. The average molecular weight is 311 g/mol. The molecule has 1 aromatic heterocycles. The van der Waals surface area contributed by atoms with Gasteiger partial charge in [-0.05, 0) is 45.7 Å². The Morgan fingerprint density at radius 2 is 2.10 bits per heavy atom. The molecule has 21 heavy (non-hydrogen) atoms. The fraction of sp³-hybridized carbons (Fsp3) is 0.533. The molecule has 6 heteroatoms. The number of amides is 1. The molecular formula is C15H19ClN2O3. The van der Waals surface area contributed by atoms with E-state index in [0.717, 1.165) is 6.42 Å². The van der Waals surface area contributed by atoms with Crippen molar-refractivity contribution < 1.29 is 14.3 Å². The molecule has 1 aromatic rings. The maximum atomic E-state index is 12.5. The lowest BCUT2D eigenvalue weighted by Gasteiger charge is -2.27. The second-order valence-corrected chi connectivity index (χ2v) is 6.45. The molecule has 1 aliphatic rings. The number of likely N-dealkylation sites (tertiary alicyclic amines) is 1. The SMILES string of the molecule is CC(C)(C)OC(=O)[C@@H]1CCCN1C(=O)c1ccc(Cl)nc1. The summed E-state index contributed by atoms with van der Waals surface area (Å²) in [6.45, 7) is 5.99. The zero-order valence-electron chi connectivity index (χ0n) is 12.4. The summed E-state index contributed by atoms with van der Waals surface area (Å²) < 4.78 is 5.39. The van der Waals surface area contributed by atoms with E-state index in [2.05, 4.69) is 4.98 Å². The molecule has 5 nitrogen and oxygen atoms in total. The first kappa shape index (κ1) is 15.8. The number of rotatable bonds is 2. The molecule has 0 unspecified atom stereocenters. The van der Waals surface area contributed by atoms with Crippen LogP contribution in [0.4, 0.5) is 0 Å². The number of pyridine rings is 1. The van der Waals surface area contributed by atoms with Crippen LogP contribution in [0, 0.1) is 0 Å². The highest BCUT2D eigenvalue weighted by molar-refractivity contribution is 6.29. The smallest absolute Gasteiger partial charge is 0.329 e. The van der Waals surface area contributed by atoms with Crippen molar-refractivity contribution in [3.05, 3.63) is 29.0 Å². The van der Waals surface area contributed by atoms with Crippen LogP contribution in [0.15, 0.2) is 18.3 Å². The van der Waals surface area contributed by atoms with E-state index in [4.69, 9.17) is 16.3 Å². The van der Waals surface area contributed by atoms with Gasteiger partial charge in [-0.1, -0.05) is 11.6 Å². The molecule has 0 saturated carbocycles. The highest BCUT2D eigenvalue weighted by atomic mass is 35.5. The van der Waals surface area contributed by atoms with Crippen LogP contribution in [0.3, 0.4) is 0 Å². The molecule has 1 aliphatic heterocycles. The summed E-state index contributed by atoms with van der Waals surface area (Å²) in [6, 6.07) is 2.66. The number of aromatic nitrogens is 1. The van der Waals surface area contributed by atoms with E-state index in [1.807, 2.05) is 20.8 Å². The molecular weight excluding hydrogens is 292 g/mol. The van der Waals surface area contributed by atoms with Gasteiger partial charge >= 0.3 is 5.97 Å². The summed E-state index contributed by atoms with van der Waals surface area (Å²) in [6.07, 6.45) is 2.84. The zero-order chi connectivity index (χ0) is 15.6. The Morgan fingerprint density at radius 1 is 1.38 bits per heavy atom. The van der Waals surface area contributed by atoms with Gasteiger partial charge in [0.1, 0.15) is 16.8 Å². The molecule has 2 rings (SSSR count). The van der Waals surface area contributed by atoms with Gasteiger partial charge in [0.15, 0.2) is 0 Å². The molecule has 1 amide bonds. The Hall–Kier alpha value is -1.62. The van der Waals surface area contributed by atoms with E-state index < -0.39 is 11.6 Å². The van der Waals surface area contributed by atoms with Crippen molar-refractivity contribution in [1.29, 1.82) is 0 Å². The van der Waals surface area contributed by atoms with Crippen molar-refractivity contribution in [3.8, 4) is 0 Å². The monoisotopic (exact) mass is 310 g/mol. The third kappa shape index (κ3) is 3.94. The molecule has 0 aromatic carbocycles. The number of ether oxygens (including phenoxy) is 1. The molecule has 0 N–H and O–H groups in total. The Kier molecular flexibility index (Phi) is 4.52. The van der Waals surface area contributed by atoms with Crippen LogP contribution in [0.25, 0.3) is 0 Å². The van der Waals surface area contributed by atoms with Crippen LogP contribution in [0.1, 0.15) is 44.0 Å². The fourth-order valence-electron chi connectivity index (χ4n) is 2.29. The minimum atomic E-state index is -0.559. The minimum Gasteiger partial charge on any atom is -0.458 e. The van der Waals surface area contributed by atoms with Gasteiger partial charge in [0.25, 0.3) is 5.91 Å². The number of carbonyl (C=O) groups excluding carboxylic acids is 2. The Bertz CT molecular complexity index is 537. The van der Waals surface area contributed by atoms with Crippen LogP contribution in [-0.4, -0.2) is 39.9 Å². The first-order valence-electron chi connectivity index (χ1n) is 6.93. The topological polar surface area (TPSA) is 59.5 Å². The first-order valence-corrected chi connectivity index (χ1v) is 7.31. The van der Waals surface area contributed by atoms with Gasteiger partial charge in [-0.15, -0.1) is 0 Å². The maximum Gasteiger partial charge on any atom is 0.329 e. The Balaban J connectivity index is 2.13. The van der Waals surface area contributed by atoms with Crippen LogP contribution < -0.4 is 0 Å². The molecule has 1 fully saturated rings. The second-order valence-electron chi connectivity index (χ2n) is 6.06. The minimum absolute atomic E-state index is 0.215. The molecule has 1 saturated heterocycles. The van der Waals surface area contributed by atoms with Crippen LogP contribution >= 0.6 is 11.6 Å². The summed E-state index contributed by atoms with van der Waals surface area (Å²) in [5.41, 5.74) is -0.134. The summed E-state index contributed by atoms with van der Waals surface area (Å²) in [4.78, 5) is 30.1. The standard InChI is InChI=1S/C15H19ClN2O3/c1-15(2,3)21-14(20)11-5-4-8-18(11)13(19)10-6-7-12(16)17-9-10/h6-7,9,11H,4-5,8H2,1-3H3/t11-/m0/s1. The number of halogens is 1. The van der Waals surface area contributed by atoms with E-state index in [0.29, 0.717) is 23.7 Å². The number of hydrogen-bond donors (Lipinski definition) is 0. The van der Waals surface area contributed by atoms with Gasteiger partial charge in [-0.2, -0.15) is 0 Å². The van der Waals surface area contributed by atoms with Crippen molar-refractivity contribution in [2.24, 2.45) is 0 Å². The van der Waals surface area contributed by atoms with Gasteiger partial charge in [-0.25, -0.2) is 9.78 Å². The number of carbonyl (C=O) groups is 2. The lowest BCUT2D eigenvalue weighted by Crippen LogP contribution is -2.43. The molecule has 0 radical (unpaired) electrons. The third-order valence-electron chi connectivity index (χ3n) is 3.17. The molecule has 1 atom stereocenters. The Labute approximate surface area is 129 Å². The van der Waals surface area contributed by atoms with Gasteiger partial charge in [0.2, 0.25) is 0 Å². The van der Waals surface area contributed by atoms with E-state index in [1.165, 1.54) is 6.20 Å². The van der Waals surface area contributed by atoms with Crippen LogP contribution in [0.2, 0.25) is 5.15 Å². The van der Waals surface area contributed by atoms with E-state index in [-0.39, 0.29) is 11.9 Å². The molecule has 0 spiro atoms. The van der Waals surface area contributed by atoms with Crippen LogP contribution in [0.5, 0.6) is 0 Å². The molecule has 0 bridgehead atoms. The number of nitrogens with zero attached hydrogens (tertiary/aromatic N) is 2. The average Bonchev–Trinajstić information content (AvgIpc) is 2.86. The van der Waals surface area contributed by atoms with Crippen molar-refractivity contribution in [2.75, 3.05) is 6.54 Å². The van der Waals surface area contributed by atoms with Crippen LogP contribution in [-0.2, 0) is 9.53 Å². The fourth-order valence-corrected chi connectivity index (χ4v) is 2.40. The second kappa shape index (κ2) is 6.02. The normalized spacial score (nSPS) is 18.7. The Morgan fingerprint density at radius 3 is 2.67 bits per heavy atom. The molecule has 114 valence electrons. The highest BCUT2D eigenvalue weighted by Crippen LogP contribution is 2.23. The van der Waals surface area contributed by atoms with Crippen molar-refractivity contribution in [3.63, 3.8) is 0 Å². The summed E-state index contributed by atoms with van der Waals surface area (Å²) in [5, 5.41) is 0.330. The number of hydrogen-bond acceptors (Lipinski definition) is 4. The van der Waals surface area contributed by atoms with Crippen molar-refractivity contribution in [2.45, 2.75) is 45.3 Å². The molecule has 0 aliphatic carbocycles. The highest BCUT2D eigenvalue weighted by Gasteiger charge is 2.37.